The minimum Gasteiger partial charge on any atom is -0.459 e. The van der Waals surface area contributed by atoms with Crippen molar-refractivity contribution in [3.8, 4) is 0 Å². The van der Waals surface area contributed by atoms with E-state index in [1.165, 1.54) is 18.4 Å². The van der Waals surface area contributed by atoms with Crippen molar-refractivity contribution in [3.63, 3.8) is 0 Å². The van der Waals surface area contributed by atoms with Gasteiger partial charge in [0, 0.05) is 6.42 Å². The maximum Gasteiger partial charge on any atom is 0.287 e. The first-order valence-corrected chi connectivity index (χ1v) is 15.1. The number of aryl methyl sites for hydroxylation is 1. The highest BCUT2D eigenvalue weighted by molar-refractivity contribution is 7.59. The number of benzene rings is 2. The zero-order valence-corrected chi connectivity index (χ0v) is 23.6. The Morgan fingerprint density at radius 1 is 0.878 bits per heavy atom. The van der Waals surface area contributed by atoms with Crippen molar-refractivity contribution in [2.24, 2.45) is 5.73 Å². The van der Waals surface area contributed by atoms with Crippen LogP contribution in [0.2, 0.25) is 0 Å². The van der Waals surface area contributed by atoms with Crippen LogP contribution in [0.25, 0.3) is 0 Å². The van der Waals surface area contributed by atoms with Gasteiger partial charge in [0.15, 0.2) is 5.76 Å². The third-order valence-electron chi connectivity index (χ3n) is 6.46. The highest BCUT2D eigenvalue weighted by atomic mass is 31.2. The lowest BCUT2D eigenvalue weighted by molar-refractivity contribution is -0.131. The van der Waals surface area contributed by atoms with Crippen LogP contribution in [0, 0.1) is 0 Å². The molecule has 0 saturated heterocycles. The summed E-state index contributed by atoms with van der Waals surface area (Å²) in [5.41, 5.74) is 7.14. The van der Waals surface area contributed by atoms with Crippen molar-refractivity contribution in [2.75, 3.05) is 6.16 Å². The van der Waals surface area contributed by atoms with Gasteiger partial charge in [-0.2, -0.15) is 0 Å². The van der Waals surface area contributed by atoms with Crippen LogP contribution in [0.15, 0.2) is 83.5 Å². The molecule has 0 aliphatic heterocycles. The van der Waals surface area contributed by atoms with Crippen LogP contribution < -0.4 is 21.7 Å². The van der Waals surface area contributed by atoms with Crippen LogP contribution in [0.3, 0.4) is 0 Å². The third-order valence-corrected chi connectivity index (χ3v) is 8.48. The average molecular weight is 583 g/mol. The molecule has 1 aromatic heterocycles. The number of carbonyl (C=O) groups excluding carboxylic acids is 4. The second-order valence-electron chi connectivity index (χ2n) is 9.59. The molecule has 0 fully saturated rings. The van der Waals surface area contributed by atoms with E-state index in [4.69, 9.17) is 10.2 Å². The normalized spacial score (nSPS) is 14.6. The van der Waals surface area contributed by atoms with Gasteiger partial charge in [-0.3, -0.25) is 23.7 Å². The Hall–Kier alpha value is -4.21. The molecule has 218 valence electrons. The first-order valence-electron chi connectivity index (χ1n) is 13.2. The van der Waals surface area contributed by atoms with E-state index in [1.807, 2.05) is 30.3 Å². The number of carbonyl (C=O) groups is 4. The molecule has 0 spiro atoms. The lowest BCUT2D eigenvalue weighted by Crippen LogP contribution is -2.53. The molecule has 0 radical (unpaired) electrons. The molecule has 0 aliphatic rings. The molecule has 6 N–H and O–H groups in total. The average Bonchev–Trinajstić information content (AvgIpc) is 3.49. The van der Waals surface area contributed by atoms with Crippen LogP contribution in [0.4, 0.5) is 0 Å². The predicted octanol–water partition coefficient (Wildman–Crippen LogP) is 2.35. The molecule has 0 saturated carbocycles. The van der Waals surface area contributed by atoms with Gasteiger partial charge in [-0.1, -0.05) is 67.6 Å². The molecule has 0 aliphatic carbocycles. The van der Waals surface area contributed by atoms with E-state index in [0.29, 0.717) is 12.0 Å². The molecule has 4 atom stereocenters. The van der Waals surface area contributed by atoms with E-state index in [1.54, 1.807) is 37.3 Å². The first kappa shape index (κ1) is 31.3. The summed E-state index contributed by atoms with van der Waals surface area (Å²) in [6.45, 7) is 1.65. The number of hydrogen-bond donors (Lipinski definition) is 5. The van der Waals surface area contributed by atoms with Crippen molar-refractivity contribution in [3.05, 3.63) is 95.9 Å². The summed E-state index contributed by atoms with van der Waals surface area (Å²) in [5, 5.41) is 7.56. The smallest absolute Gasteiger partial charge is 0.287 e. The van der Waals surface area contributed by atoms with Gasteiger partial charge in [-0.15, -0.1) is 0 Å². The first-order chi connectivity index (χ1) is 19.6. The maximum absolute atomic E-state index is 13.4. The monoisotopic (exact) mass is 582 g/mol. The summed E-state index contributed by atoms with van der Waals surface area (Å²) in [6, 6.07) is 19.0. The molecule has 2 unspecified atom stereocenters. The van der Waals surface area contributed by atoms with Gasteiger partial charge in [0.25, 0.3) is 5.91 Å². The molecule has 41 heavy (non-hydrogen) atoms. The fourth-order valence-corrected chi connectivity index (χ4v) is 5.72. The molecule has 0 bridgehead atoms. The largest absolute Gasteiger partial charge is 0.459 e. The van der Waals surface area contributed by atoms with E-state index in [0.717, 1.165) is 5.56 Å². The lowest BCUT2D eigenvalue weighted by atomic mass is 10.0. The van der Waals surface area contributed by atoms with Crippen molar-refractivity contribution in [1.82, 2.24) is 16.0 Å². The van der Waals surface area contributed by atoms with Crippen LogP contribution in [0.1, 0.15) is 41.4 Å². The Bertz CT molecular complexity index is 1350. The Kier molecular flexibility index (Phi) is 11.4. The fraction of sp³-hybridized carbons (Fsp3) is 0.310. The number of amides is 4. The quantitative estimate of drug-likeness (QED) is 0.171. The Balaban J connectivity index is 1.65. The second kappa shape index (κ2) is 15.0. The Labute approximate surface area is 238 Å². The molecule has 12 heteroatoms. The van der Waals surface area contributed by atoms with E-state index < -0.39 is 55.0 Å². The van der Waals surface area contributed by atoms with Crippen LogP contribution in [-0.2, 0) is 31.8 Å². The van der Waals surface area contributed by atoms with Gasteiger partial charge < -0.3 is 31.0 Å². The van der Waals surface area contributed by atoms with Gasteiger partial charge in [0.2, 0.25) is 25.1 Å². The van der Waals surface area contributed by atoms with Gasteiger partial charge in [-0.25, -0.2) is 0 Å². The summed E-state index contributed by atoms with van der Waals surface area (Å²) < 4.78 is 18.5. The van der Waals surface area contributed by atoms with E-state index in [9.17, 15) is 28.6 Å². The van der Waals surface area contributed by atoms with Crippen molar-refractivity contribution < 1.29 is 33.1 Å². The molecular weight excluding hydrogens is 547 g/mol. The second-order valence-corrected chi connectivity index (χ2v) is 12.0. The number of nitrogens with two attached hydrogens (primary N) is 1. The molecule has 4 amide bonds. The number of primary amides is 1. The molecule has 1 heterocycles. The summed E-state index contributed by atoms with van der Waals surface area (Å²) >= 11 is 0. The van der Waals surface area contributed by atoms with Gasteiger partial charge in [-0.05, 0) is 42.5 Å². The summed E-state index contributed by atoms with van der Waals surface area (Å²) in [4.78, 5) is 61.4. The van der Waals surface area contributed by atoms with E-state index in [-0.39, 0.29) is 25.0 Å². The Morgan fingerprint density at radius 3 is 2.07 bits per heavy atom. The summed E-state index contributed by atoms with van der Waals surface area (Å²) in [7, 11) is -4.36. The molecule has 3 rings (SSSR count). The van der Waals surface area contributed by atoms with E-state index >= 15 is 0 Å². The standard InChI is InChI=1S/C29H35N4O7P/c1-2-22(28(36)32-23(27(30)35)16-15-20-10-5-3-6-11-20)31-25(34)19-41(38,39)26(18-21-12-7-4-8-13-21)33-29(37)24-14-9-17-40-24/h3-14,17,22-23,26H,2,15-16,18-19H2,1H3,(H2,30,35)(H,31,34)(H,32,36)(H,33,37)(H,38,39)/t22-,23-,26?/m0/s1. The predicted molar refractivity (Wildman–Crippen MR) is 153 cm³/mol. The number of rotatable bonds is 15. The zero-order chi connectivity index (χ0) is 29.8. The van der Waals surface area contributed by atoms with Gasteiger partial charge in [0.1, 0.15) is 24.0 Å². The minimum atomic E-state index is -4.36. The Morgan fingerprint density at radius 2 is 1.51 bits per heavy atom. The fourth-order valence-electron chi connectivity index (χ4n) is 4.18. The number of furan rings is 1. The molecule has 2 aromatic carbocycles. The van der Waals surface area contributed by atoms with Crippen LogP contribution >= 0.6 is 7.37 Å². The summed E-state index contributed by atoms with van der Waals surface area (Å²) in [5.74, 6) is -4.28. The lowest BCUT2D eigenvalue weighted by Gasteiger charge is -2.25. The number of nitrogens with one attached hydrogen (secondary N) is 3. The maximum atomic E-state index is 13.4. The molecule has 3 aromatic rings. The SMILES string of the molecule is CC[C@H](NC(=O)CP(=O)(O)C(Cc1ccccc1)NC(=O)c1ccco1)C(=O)N[C@@H](CCc1ccccc1)C(N)=O. The van der Waals surface area contributed by atoms with Crippen LogP contribution in [0.5, 0.6) is 0 Å². The third kappa shape index (κ3) is 9.73. The molecule has 11 nitrogen and oxygen atoms in total. The van der Waals surface area contributed by atoms with Crippen molar-refractivity contribution in [2.45, 2.75) is 50.5 Å². The molecular formula is C29H35N4O7P. The highest BCUT2D eigenvalue weighted by Gasteiger charge is 2.36. The van der Waals surface area contributed by atoms with Crippen molar-refractivity contribution in [1.29, 1.82) is 0 Å². The highest BCUT2D eigenvalue weighted by Crippen LogP contribution is 2.46. The minimum absolute atomic E-state index is 0.0201. The topological polar surface area (TPSA) is 181 Å². The van der Waals surface area contributed by atoms with Crippen molar-refractivity contribution >= 4 is 31.0 Å². The number of hydrogen-bond acceptors (Lipinski definition) is 6. The van der Waals surface area contributed by atoms with E-state index in [2.05, 4.69) is 16.0 Å². The van der Waals surface area contributed by atoms with Gasteiger partial charge in [0.05, 0.1) is 6.26 Å². The van der Waals surface area contributed by atoms with Gasteiger partial charge >= 0.3 is 0 Å². The van der Waals surface area contributed by atoms with Crippen LogP contribution in [-0.4, -0.2) is 52.6 Å². The summed E-state index contributed by atoms with van der Waals surface area (Å²) in [6.07, 6.45) is 1.34. The zero-order valence-electron chi connectivity index (χ0n) is 22.7.